The number of nitrogens with zero attached hydrogens (tertiary/aromatic N) is 3. The second kappa shape index (κ2) is 4.75. The highest BCUT2D eigenvalue weighted by atomic mass is 15.1. The van der Waals surface area contributed by atoms with Crippen LogP contribution in [0.1, 0.15) is 0 Å². The van der Waals surface area contributed by atoms with Crippen LogP contribution in [0.5, 0.6) is 0 Å². The van der Waals surface area contributed by atoms with Crippen LogP contribution in [0, 0.1) is 11.5 Å². The molecule has 5 nitrogen and oxygen atoms in total. The number of hydrogen-bond donors (Lipinski definition) is 2. The van der Waals surface area contributed by atoms with E-state index in [1.807, 2.05) is 30.3 Å². The first-order valence-electron chi connectivity index (χ1n) is 4.67. The van der Waals surface area contributed by atoms with Gasteiger partial charge < -0.3 is 0 Å². The normalized spacial score (nSPS) is 10.2. The number of hydrogen-bond acceptors (Lipinski definition) is 3. The van der Waals surface area contributed by atoms with Gasteiger partial charge in [-0.1, -0.05) is 12.1 Å². The Balaban J connectivity index is 2.14. The van der Waals surface area contributed by atoms with Gasteiger partial charge in [0.05, 0.1) is 11.4 Å². The third-order valence-corrected chi connectivity index (χ3v) is 2.02. The first kappa shape index (κ1) is 9.93. The average molecular weight is 211 g/mol. The Bertz CT molecular complexity index is 504. The van der Waals surface area contributed by atoms with Gasteiger partial charge in [-0.15, -0.1) is 0 Å². The van der Waals surface area contributed by atoms with Crippen LogP contribution in [0.15, 0.2) is 41.5 Å². The van der Waals surface area contributed by atoms with Gasteiger partial charge in [0.25, 0.3) is 0 Å². The molecular weight excluding hydrogens is 202 g/mol. The number of nitrogens with one attached hydrogen (secondary N) is 2. The molecule has 78 valence electrons. The molecule has 0 amide bonds. The third-order valence-electron chi connectivity index (χ3n) is 2.02. The quantitative estimate of drug-likeness (QED) is 0.352. The van der Waals surface area contributed by atoms with Gasteiger partial charge in [-0.2, -0.15) is 10.4 Å². The summed E-state index contributed by atoms with van der Waals surface area (Å²) in [7, 11) is 0. The monoisotopic (exact) mass is 211 g/mol. The molecule has 2 aromatic rings. The van der Waals surface area contributed by atoms with E-state index in [1.165, 1.54) is 6.34 Å². The molecule has 1 heterocycles. The summed E-state index contributed by atoms with van der Waals surface area (Å²) in [6, 6.07) is 9.51. The maximum Gasteiger partial charge on any atom is 0.182 e. The fraction of sp³-hybridized carbons (Fsp3) is 0. The van der Waals surface area contributed by atoms with Crippen molar-refractivity contribution in [2.45, 2.75) is 0 Å². The van der Waals surface area contributed by atoms with Crippen LogP contribution in [0.25, 0.3) is 11.3 Å². The van der Waals surface area contributed by atoms with Crippen LogP contribution in [0.4, 0.5) is 5.69 Å². The summed E-state index contributed by atoms with van der Waals surface area (Å²) in [5, 5.41) is 17.3. The first-order chi connectivity index (χ1) is 7.90. The molecule has 0 spiro atoms. The highest BCUT2D eigenvalue weighted by molar-refractivity contribution is 5.65. The zero-order valence-electron chi connectivity index (χ0n) is 8.38. The SMILES string of the molecule is N#CNC=Nc1ccc(-c2ccn[nH]2)cc1. The largest absolute Gasteiger partial charge is 0.283 e. The molecule has 2 rings (SSSR count). The average Bonchev–Trinajstić information content (AvgIpc) is 2.84. The summed E-state index contributed by atoms with van der Waals surface area (Å²) in [6.07, 6.45) is 4.82. The maximum atomic E-state index is 8.25. The van der Waals surface area contributed by atoms with Crippen LogP contribution in [-0.4, -0.2) is 16.5 Å². The van der Waals surface area contributed by atoms with E-state index in [0.717, 1.165) is 16.9 Å². The Morgan fingerprint density at radius 1 is 1.31 bits per heavy atom. The Hall–Kier alpha value is -2.61. The summed E-state index contributed by atoms with van der Waals surface area (Å²) < 4.78 is 0. The zero-order chi connectivity index (χ0) is 11.2. The van der Waals surface area contributed by atoms with Crippen LogP contribution in [0.3, 0.4) is 0 Å². The zero-order valence-corrected chi connectivity index (χ0v) is 8.38. The molecule has 0 atom stereocenters. The van der Waals surface area contributed by atoms with Crippen molar-refractivity contribution in [1.29, 1.82) is 5.26 Å². The topological polar surface area (TPSA) is 76.9 Å². The number of nitriles is 1. The van der Waals surface area contributed by atoms with E-state index >= 15 is 0 Å². The minimum absolute atomic E-state index is 0.783. The summed E-state index contributed by atoms with van der Waals surface area (Å²) in [4.78, 5) is 4.03. The van der Waals surface area contributed by atoms with Crippen LogP contribution < -0.4 is 5.32 Å². The lowest BCUT2D eigenvalue weighted by molar-refractivity contribution is 1.10. The predicted octanol–water partition coefficient (Wildman–Crippen LogP) is 1.81. The number of benzene rings is 1. The van der Waals surface area contributed by atoms with Crippen LogP contribution in [0.2, 0.25) is 0 Å². The van der Waals surface area contributed by atoms with Crippen molar-refractivity contribution in [3.8, 4) is 17.5 Å². The standard InChI is InChI=1S/C11H9N5/c12-7-13-8-14-10-3-1-9(2-4-10)11-5-6-15-16-11/h1-6,8H,(H,13,14)(H,15,16). The van der Waals surface area contributed by atoms with E-state index in [1.54, 1.807) is 12.4 Å². The minimum atomic E-state index is 0.783. The molecule has 5 heteroatoms. The highest BCUT2D eigenvalue weighted by Gasteiger charge is 1.97. The van der Waals surface area contributed by atoms with Gasteiger partial charge in [-0.25, -0.2) is 4.99 Å². The van der Waals surface area contributed by atoms with Gasteiger partial charge >= 0.3 is 0 Å². The van der Waals surface area contributed by atoms with Crippen LogP contribution >= 0.6 is 0 Å². The second-order valence-corrected chi connectivity index (χ2v) is 3.03. The molecule has 1 aromatic carbocycles. The molecular formula is C11H9N5. The van der Waals surface area contributed by atoms with E-state index < -0.39 is 0 Å². The Kier molecular flexibility index (Phi) is 2.95. The summed E-state index contributed by atoms with van der Waals surface area (Å²) >= 11 is 0. The molecule has 1 aromatic heterocycles. The van der Waals surface area contributed by atoms with E-state index in [9.17, 15) is 0 Å². The molecule has 16 heavy (non-hydrogen) atoms. The van der Waals surface area contributed by atoms with Gasteiger partial charge in [0.1, 0.15) is 6.34 Å². The van der Waals surface area contributed by atoms with Crippen molar-refractivity contribution in [1.82, 2.24) is 15.5 Å². The van der Waals surface area contributed by atoms with Gasteiger partial charge in [-0.05, 0) is 23.8 Å². The number of H-pyrrole nitrogens is 1. The highest BCUT2D eigenvalue weighted by Crippen LogP contribution is 2.19. The van der Waals surface area contributed by atoms with E-state index in [2.05, 4.69) is 20.5 Å². The Morgan fingerprint density at radius 2 is 2.12 bits per heavy atom. The lowest BCUT2D eigenvalue weighted by atomic mass is 10.1. The molecule has 2 N–H and O–H groups in total. The maximum absolute atomic E-state index is 8.25. The molecule has 0 saturated carbocycles. The van der Waals surface area contributed by atoms with Gasteiger partial charge in [-0.3, -0.25) is 10.4 Å². The fourth-order valence-corrected chi connectivity index (χ4v) is 1.28. The molecule has 0 aliphatic heterocycles. The van der Waals surface area contributed by atoms with Crippen molar-refractivity contribution >= 4 is 12.0 Å². The van der Waals surface area contributed by atoms with Crippen molar-refractivity contribution in [3.63, 3.8) is 0 Å². The molecule has 0 aliphatic carbocycles. The summed E-state index contributed by atoms with van der Waals surface area (Å²) in [5.41, 5.74) is 2.79. The van der Waals surface area contributed by atoms with Gasteiger partial charge in [0.15, 0.2) is 6.19 Å². The molecule has 0 aliphatic rings. The number of aliphatic imine (C=N–C) groups is 1. The molecule has 0 radical (unpaired) electrons. The minimum Gasteiger partial charge on any atom is -0.283 e. The summed E-state index contributed by atoms with van der Waals surface area (Å²) in [6.45, 7) is 0. The number of rotatable bonds is 3. The Labute approximate surface area is 92.5 Å². The lowest BCUT2D eigenvalue weighted by Gasteiger charge is -1.97. The first-order valence-corrected chi connectivity index (χ1v) is 4.67. The predicted molar refractivity (Wildman–Crippen MR) is 60.9 cm³/mol. The number of aromatic amines is 1. The van der Waals surface area contributed by atoms with Crippen LogP contribution in [-0.2, 0) is 0 Å². The van der Waals surface area contributed by atoms with Crippen molar-refractivity contribution < 1.29 is 0 Å². The van der Waals surface area contributed by atoms with E-state index in [0.29, 0.717) is 0 Å². The smallest absolute Gasteiger partial charge is 0.182 e. The molecule has 0 bridgehead atoms. The van der Waals surface area contributed by atoms with Gasteiger partial charge in [0.2, 0.25) is 0 Å². The third kappa shape index (κ3) is 2.25. The lowest BCUT2D eigenvalue weighted by Crippen LogP contribution is -1.98. The summed E-state index contributed by atoms with van der Waals surface area (Å²) in [5.74, 6) is 0. The molecule has 0 saturated heterocycles. The second-order valence-electron chi connectivity index (χ2n) is 3.03. The van der Waals surface area contributed by atoms with Crippen molar-refractivity contribution in [2.24, 2.45) is 4.99 Å². The molecule has 0 fully saturated rings. The van der Waals surface area contributed by atoms with Gasteiger partial charge in [0, 0.05) is 6.20 Å². The molecule has 0 unspecified atom stereocenters. The van der Waals surface area contributed by atoms with Crippen molar-refractivity contribution in [2.75, 3.05) is 0 Å². The van der Waals surface area contributed by atoms with E-state index in [-0.39, 0.29) is 0 Å². The number of aromatic nitrogens is 2. The van der Waals surface area contributed by atoms with Crippen molar-refractivity contribution in [3.05, 3.63) is 36.5 Å². The Morgan fingerprint density at radius 3 is 2.75 bits per heavy atom. The van der Waals surface area contributed by atoms with E-state index in [4.69, 9.17) is 5.26 Å². The fourth-order valence-electron chi connectivity index (χ4n) is 1.28.